The number of rotatable bonds is 2. The second-order valence-corrected chi connectivity index (χ2v) is 2.72. The highest BCUT2D eigenvalue weighted by atomic mass is 16.7. The van der Waals surface area contributed by atoms with Crippen LogP contribution < -0.4 is 0 Å². The highest BCUT2D eigenvalue weighted by Gasteiger charge is 2.45. The number of hydrogen-bond donors (Lipinski definition) is 0. The van der Waals surface area contributed by atoms with Crippen LogP contribution in [0.1, 0.15) is 19.8 Å². The Kier molecular flexibility index (Phi) is 1.29. The Morgan fingerprint density at radius 1 is 1.50 bits per heavy atom. The topological polar surface area (TPSA) is 16.0 Å². The van der Waals surface area contributed by atoms with Gasteiger partial charge >= 0.3 is 0 Å². The molecule has 0 atom stereocenters. The Labute approximate surface area is 50.4 Å². The van der Waals surface area contributed by atoms with Gasteiger partial charge in [0.15, 0.2) is 7.11 Å². The Hall–Kier alpha value is -0.0800. The van der Waals surface area contributed by atoms with Gasteiger partial charge in [-0.3, -0.25) is 0 Å². The fraction of sp³-hybridized carbons (Fsp3) is 1.00. The Balaban J connectivity index is 2.34. The van der Waals surface area contributed by atoms with E-state index in [0.717, 1.165) is 0 Å². The molecular weight excluding hydrogens is 102 g/mol. The van der Waals surface area contributed by atoms with E-state index >= 15 is 0 Å². The van der Waals surface area contributed by atoms with E-state index in [1.54, 1.807) is 0 Å². The van der Waals surface area contributed by atoms with E-state index in [2.05, 4.69) is 11.8 Å². The highest BCUT2D eigenvalue weighted by Crippen LogP contribution is 2.39. The summed E-state index contributed by atoms with van der Waals surface area (Å²) in [6.07, 6.45) is 2.61. The van der Waals surface area contributed by atoms with E-state index in [0.29, 0.717) is 5.54 Å². The van der Waals surface area contributed by atoms with Crippen LogP contribution in [0.5, 0.6) is 0 Å². The van der Waals surface area contributed by atoms with Gasteiger partial charge in [0.2, 0.25) is 0 Å². The fourth-order valence-corrected chi connectivity index (χ4v) is 0.746. The molecule has 0 amide bonds. The van der Waals surface area contributed by atoms with Gasteiger partial charge in [0, 0.05) is 0 Å². The molecule has 0 aromatic carbocycles. The summed E-state index contributed by atoms with van der Waals surface area (Å²) in [6.45, 7) is 2.24. The molecule has 0 bridgehead atoms. The minimum absolute atomic E-state index is 0.425. The van der Waals surface area contributed by atoms with Crippen molar-refractivity contribution in [2.45, 2.75) is 25.3 Å². The maximum atomic E-state index is 4.06. The summed E-state index contributed by atoms with van der Waals surface area (Å²) < 4.78 is 0. The third kappa shape index (κ3) is 0.858. The number of aliphatic hydroxyl groups is 1. The first-order valence-electron chi connectivity index (χ1n) is 3.03. The fourth-order valence-electron chi connectivity index (χ4n) is 0.746. The van der Waals surface area contributed by atoms with E-state index in [9.17, 15) is 0 Å². The second-order valence-electron chi connectivity index (χ2n) is 2.72. The van der Waals surface area contributed by atoms with Crippen LogP contribution >= 0.6 is 0 Å². The molecule has 8 heavy (non-hydrogen) atoms. The van der Waals surface area contributed by atoms with E-state index < -0.39 is 0 Å². The van der Waals surface area contributed by atoms with Crippen molar-refractivity contribution in [1.82, 2.24) is 5.06 Å². The van der Waals surface area contributed by atoms with Gasteiger partial charge in [0.25, 0.3) is 0 Å². The minimum Gasteiger partial charge on any atom is -0.329 e. The number of nitrogens with zero attached hydrogens (tertiary/aromatic N) is 1. The maximum Gasteiger partial charge on any atom is 0.157 e. The lowest BCUT2D eigenvalue weighted by atomic mass is 10.3. The molecule has 1 aliphatic carbocycles. The molecule has 2 heteroatoms. The zero-order chi connectivity index (χ0) is 6.20. The minimum atomic E-state index is 0.425. The van der Waals surface area contributed by atoms with Gasteiger partial charge in [-0.2, -0.15) is 0 Å². The van der Waals surface area contributed by atoms with E-state index in [1.807, 2.05) is 19.2 Å². The van der Waals surface area contributed by atoms with Crippen LogP contribution in [0, 0.1) is 0 Å². The van der Waals surface area contributed by atoms with Crippen molar-refractivity contribution >= 4 is 0 Å². The summed E-state index contributed by atoms with van der Waals surface area (Å²) in [5.41, 5.74) is 0.425. The molecule has 0 saturated heterocycles. The Morgan fingerprint density at radius 2 is 2.00 bits per heavy atom. The van der Waals surface area contributed by atoms with Crippen molar-refractivity contribution in [3.8, 4) is 0 Å². The molecule has 1 N–H and O–H groups in total. The average Bonchev–Trinajstić information content (AvgIpc) is 2.47. The molecule has 2 nitrogen and oxygen atoms in total. The summed E-state index contributed by atoms with van der Waals surface area (Å²) in [5.74, 6) is 0. The molecule has 0 radical (unpaired) electrons. The molecule has 48 valence electrons. The molecule has 0 aliphatic heterocycles. The Bertz CT molecular complexity index is 88.5. The van der Waals surface area contributed by atoms with Crippen LogP contribution in [0.4, 0.5) is 0 Å². The summed E-state index contributed by atoms with van der Waals surface area (Å²) in [6, 6.07) is 0. The smallest absolute Gasteiger partial charge is 0.157 e. The zero-order valence-electron chi connectivity index (χ0n) is 5.81. The van der Waals surface area contributed by atoms with Gasteiger partial charge in [-0.15, -0.1) is 0 Å². The molecule has 1 fully saturated rings. The van der Waals surface area contributed by atoms with Crippen molar-refractivity contribution in [1.29, 1.82) is 0 Å². The van der Waals surface area contributed by atoms with Crippen molar-refractivity contribution in [2.24, 2.45) is 0 Å². The quantitative estimate of drug-likeness (QED) is 0.380. The third-order valence-electron chi connectivity index (χ3n) is 2.05. The van der Waals surface area contributed by atoms with E-state index in [-0.39, 0.29) is 0 Å². The van der Waals surface area contributed by atoms with Gasteiger partial charge in [-0.25, -0.2) is 0 Å². The zero-order valence-corrected chi connectivity index (χ0v) is 5.81. The Morgan fingerprint density at radius 3 is 2.12 bits per heavy atom. The molecular formula is C6H14NO+. The van der Waals surface area contributed by atoms with Crippen LogP contribution in [0.2, 0.25) is 0 Å². The second kappa shape index (κ2) is 1.71. The summed E-state index contributed by atoms with van der Waals surface area (Å²) in [5, 5.41) is 2.05. The normalized spacial score (nSPS) is 24.0. The highest BCUT2D eigenvalue weighted by molar-refractivity contribution is 4.95. The van der Waals surface area contributed by atoms with Crippen LogP contribution in [0.3, 0.4) is 0 Å². The summed E-state index contributed by atoms with van der Waals surface area (Å²) >= 11 is 0. The predicted octanol–water partition coefficient (Wildman–Crippen LogP) is 0.543. The lowest BCUT2D eigenvalue weighted by molar-refractivity contribution is -0.271. The molecule has 1 aliphatic rings. The van der Waals surface area contributed by atoms with Crippen LogP contribution in [-0.4, -0.2) is 29.6 Å². The largest absolute Gasteiger partial charge is 0.329 e. The predicted molar refractivity (Wildman–Crippen MR) is 33.5 cm³/mol. The number of hydroxylamine groups is 2. The monoisotopic (exact) mass is 116 g/mol. The lowest BCUT2D eigenvalue weighted by Crippen LogP contribution is -2.32. The average molecular weight is 116 g/mol. The van der Waals surface area contributed by atoms with Crippen LogP contribution in [0.15, 0.2) is 0 Å². The molecule has 0 aromatic heterocycles. The van der Waals surface area contributed by atoms with Crippen molar-refractivity contribution in [3.05, 3.63) is 0 Å². The van der Waals surface area contributed by atoms with Gasteiger partial charge in [0.05, 0.1) is 12.6 Å². The summed E-state index contributed by atoms with van der Waals surface area (Å²) in [7, 11) is 3.87. The lowest BCUT2D eigenvalue weighted by Gasteiger charge is -2.15. The van der Waals surface area contributed by atoms with Crippen molar-refractivity contribution in [2.75, 3.05) is 14.2 Å². The third-order valence-corrected chi connectivity index (χ3v) is 2.05. The first kappa shape index (κ1) is 6.05. The molecule has 1 saturated carbocycles. The first-order chi connectivity index (χ1) is 3.69. The van der Waals surface area contributed by atoms with E-state index in [4.69, 9.17) is 0 Å². The first-order valence-corrected chi connectivity index (χ1v) is 3.03. The van der Waals surface area contributed by atoms with Crippen molar-refractivity contribution in [3.63, 3.8) is 0 Å². The van der Waals surface area contributed by atoms with Gasteiger partial charge < -0.3 is 4.84 Å². The molecule has 0 spiro atoms. The van der Waals surface area contributed by atoms with Crippen LogP contribution in [0.25, 0.3) is 0 Å². The standard InChI is InChI=1S/C6H13NO/c1-6(4-5-6)7(2)8-3/h4-5H2,1-3H3/p+1. The van der Waals surface area contributed by atoms with Crippen LogP contribution in [-0.2, 0) is 0 Å². The molecule has 0 heterocycles. The summed E-state index contributed by atoms with van der Waals surface area (Å²) in [4.78, 5) is 4.06. The van der Waals surface area contributed by atoms with Gasteiger partial charge in [-0.1, -0.05) is 5.06 Å². The van der Waals surface area contributed by atoms with Crippen molar-refractivity contribution < 1.29 is 4.84 Å². The maximum absolute atomic E-state index is 4.06. The molecule has 1 rings (SSSR count). The SMILES string of the molecule is C[OH+]N(C)C1(C)CC1. The van der Waals surface area contributed by atoms with Gasteiger partial charge in [0.1, 0.15) is 0 Å². The number of hydrogen-bond acceptors (Lipinski definition) is 1. The van der Waals surface area contributed by atoms with Gasteiger partial charge in [-0.05, 0) is 19.8 Å². The molecule has 0 aromatic rings. The molecule has 0 unspecified atom stereocenters. The van der Waals surface area contributed by atoms with E-state index in [1.165, 1.54) is 12.8 Å².